The zero-order valence-corrected chi connectivity index (χ0v) is 16.0. The lowest BCUT2D eigenvalue weighted by molar-refractivity contribution is -0.130. The Labute approximate surface area is 163 Å². The molecule has 0 bridgehead atoms. The van der Waals surface area contributed by atoms with E-state index in [-0.39, 0.29) is 18.2 Å². The maximum Gasteiger partial charge on any atom is 0.318 e. The molecule has 1 aromatic carbocycles. The molecule has 0 saturated carbocycles. The minimum Gasteiger partial charge on any atom is -0.408 e. The van der Waals surface area contributed by atoms with Crippen LogP contribution in [0.5, 0.6) is 0 Å². The van der Waals surface area contributed by atoms with Crippen LogP contribution in [0.15, 0.2) is 45.3 Å². The van der Waals surface area contributed by atoms with Crippen LogP contribution in [-0.2, 0) is 11.2 Å². The Morgan fingerprint density at radius 1 is 1.11 bits per heavy atom. The summed E-state index contributed by atoms with van der Waals surface area (Å²) in [6.07, 6.45) is 0.231. The van der Waals surface area contributed by atoms with E-state index >= 15 is 0 Å². The van der Waals surface area contributed by atoms with Crippen molar-refractivity contribution in [2.24, 2.45) is 0 Å². The highest BCUT2D eigenvalue weighted by atomic mass is 16.5. The normalized spacial score (nSPS) is 14.7. The molecule has 1 saturated heterocycles. The zero-order valence-electron chi connectivity index (χ0n) is 16.0. The third-order valence-corrected chi connectivity index (χ3v) is 4.78. The number of aromatic nitrogens is 3. The standard InChI is InChI=1S/C20H23N5O3/c1-14(2)19-21-22-20(27-19)25-10-8-24(9-11-25)18(26)13-16-12-17(28-23-16)15-6-4-3-5-7-15/h3-7,12,14H,8-11,13H2,1-2H3. The van der Waals surface area contributed by atoms with Gasteiger partial charge in [0.15, 0.2) is 5.76 Å². The van der Waals surface area contributed by atoms with Gasteiger partial charge in [0.1, 0.15) is 0 Å². The summed E-state index contributed by atoms with van der Waals surface area (Å²) in [4.78, 5) is 16.5. The molecular formula is C20H23N5O3. The summed E-state index contributed by atoms with van der Waals surface area (Å²) in [7, 11) is 0. The quantitative estimate of drug-likeness (QED) is 0.671. The van der Waals surface area contributed by atoms with Crippen LogP contribution in [0.25, 0.3) is 11.3 Å². The lowest BCUT2D eigenvalue weighted by atomic mass is 10.1. The fourth-order valence-corrected chi connectivity index (χ4v) is 3.13. The average molecular weight is 381 g/mol. The van der Waals surface area contributed by atoms with E-state index in [4.69, 9.17) is 8.94 Å². The van der Waals surface area contributed by atoms with E-state index in [0.717, 1.165) is 5.56 Å². The summed E-state index contributed by atoms with van der Waals surface area (Å²) in [6, 6.07) is 12.1. The third-order valence-electron chi connectivity index (χ3n) is 4.78. The van der Waals surface area contributed by atoms with Crippen LogP contribution in [0.4, 0.5) is 6.01 Å². The Bertz CT molecular complexity index is 926. The Kier molecular flexibility index (Phi) is 5.10. The molecule has 0 N–H and O–H groups in total. The largest absolute Gasteiger partial charge is 0.408 e. The monoisotopic (exact) mass is 381 g/mol. The van der Waals surface area contributed by atoms with E-state index in [1.165, 1.54) is 0 Å². The van der Waals surface area contributed by atoms with Crippen molar-refractivity contribution in [3.8, 4) is 11.3 Å². The molecule has 1 aliphatic rings. The van der Waals surface area contributed by atoms with E-state index in [9.17, 15) is 4.79 Å². The van der Waals surface area contributed by atoms with Crippen molar-refractivity contribution in [3.63, 3.8) is 0 Å². The van der Waals surface area contributed by atoms with E-state index in [1.54, 1.807) is 0 Å². The smallest absolute Gasteiger partial charge is 0.318 e. The van der Waals surface area contributed by atoms with Gasteiger partial charge in [-0.2, -0.15) is 0 Å². The van der Waals surface area contributed by atoms with Crippen LogP contribution in [0.3, 0.4) is 0 Å². The summed E-state index contributed by atoms with van der Waals surface area (Å²) in [5.74, 6) is 1.55. The summed E-state index contributed by atoms with van der Waals surface area (Å²) >= 11 is 0. The molecule has 0 unspecified atom stereocenters. The molecule has 3 heterocycles. The molecule has 1 fully saturated rings. The second kappa shape index (κ2) is 7.84. The number of rotatable bonds is 5. The second-order valence-electron chi connectivity index (χ2n) is 7.17. The van der Waals surface area contributed by atoms with Gasteiger partial charge in [-0.3, -0.25) is 4.79 Å². The molecule has 8 nitrogen and oxygen atoms in total. The number of hydrogen-bond acceptors (Lipinski definition) is 7. The second-order valence-corrected chi connectivity index (χ2v) is 7.17. The van der Waals surface area contributed by atoms with Gasteiger partial charge >= 0.3 is 6.01 Å². The van der Waals surface area contributed by atoms with Crippen molar-refractivity contribution < 1.29 is 13.7 Å². The van der Waals surface area contributed by atoms with Gasteiger partial charge in [0.2, 0.25) is 11.8 Å². The SMILES string of the molecule is CC(C)c1nnc(N2CCN(C(=O)Cc3cc(-c4ccccc4)on3)CC2)o1. The molecule has 0 spiro atoms. The minimum absolute atomic E-state index is 0.0426. The Morgan fingerprint density at radius 3 is 2.54 bits per heavy atom. The zero-order chi connectivity index (χ0) is 19.5. The lowest BCUT2D eigenvalue weighted by Gasteiger charge is -2.33. The van der Waals surface area contributed by atoms with Gasteiger partial charge in [0, 0.05) is 43.7 Å². The van der Waals surface area contributed by atoms with Crippen molar-refractivity contribution >= 4 is 11.9 Å². The Hall–Kier alpha value is -3.16. The summed E-state index contributed by atoms with van der Waals surface area (Å²) < 4.78 is 11.1. The third kappa shape index (κ3) is 3.90. The molecule has 4 rings (SSSR count). The van der Waals surface area contributed by atoms with Gasteiger partial charge in [-0.25, -0.2) is 0 Å². The van der Waals surface area contributed by atoms with Gasteiger partial charge in [-0.15, -0.1) is 5.10 Å². The van der Waals surface area contributed by atoms with Crippen LogP contribution in [0.2, 0.25) is 0 Å². The summed E-state index contributed by atoms with van der Waals surface area (Å²) in [5.41, 5.74) is 1.59. The molecule has 0 atom stereocenters. The molecule has 1 aliphatic heterocycles. The molecule has 146 valence electrons. The van der Waals surface area contributed by atoms with Gasteiger partial charge in [-0.1, -0.05) is 54.4 Å². The highest BCUT2D eigenvalue weighted by Crippen LogP contribution is 2.21. The van der Waals surface area contributed by atoms with E-state index in [1.807, 2.05) is 60.0 Å². The predicted octanol–water partition coefficient (Wildman–Crippen LogP) is 2.74. The fourth-order valence-electron chi connectivity index (χ4n) is 3.13. The number of hydrogen-bond donors (Lipinski definition) is 0. The van der Waals surface area contributed by atoms with Gasteiger partial charge in [0.25, 0.3) is 0 Å². The van der Waals surface area contributed by atoms with Gasteiger partial charge < -0.3 is 18.7 Å². The number of piperazine rings is 1. The van der Waals surface area contributed by atoms with Crippen LogP contribution in [-0.4, -0.2) is 52.3 Å². The summed E-state index contributed by atoms with van der Waals surface area (Å²) in [6.45, 7) is 6.59. The molecule has 1 amide bonds. The first kappa shape index (κ1) is 18.2. The first-order valence-corrected chi connectivity index (χ1v) is 9.47. The van der Waals surface area contributed by atoms with Crippen LogP contribution in [0.1, 0.15) is 31.4 Å². The number of nitrogens with zero attached hydrogens (tertiary/aromatic N) is 5. The van der Waals surface area contributed by atoms with Crippen molar-refractivity contribution in [1.29, 1.82) is 0 Å². The number of benzene rings is 1. The maximum absolute atomic E-state index is 12.6. The Balaban J connectivity index is 1.32. The number of carbonyl (C=O) groups is 1. The van der Waals surface area contributed by atoms with Crippen LogP contribution < -0.4 is 4.90 Å². The first-order valence-electron chi connectivity index (χ1n) is 9.47. The lowest BCUT2D eigenvalue weighted by Crippen LogP contribution is -2.49. The minimum atomic E-state index is 0.0426. The average Bonchev–Trinajstić information content (AvgIpc) is 3.39. The number of amides is 1. The van der Waals surface area contributed by atoms with E-state index in [0.29, 0.717) is 49.5 Å². The van der Waals surface area contributed by atoms with E-state index < -0.39 is 0 Å². The number of anilines is 1. The van der Waals surface area contributed by atoms with Crippen LogP contribution in [0, 0.1) is 0 Å². The van der Waals surface area contributed by atoms with Gasteiger partial charge in [0.05, 0.1) is 12.1 Å². The Morgan fingerprint density at radius 2 is 1.86 bits per heavy atom. The van der Waals surface area contributed by atoms with Crippen molar-refractivity contribution in [2.75, 3.05) is 31.1 Å². The topological polar surface area (TPSA) is 88.5 Å². The fraction of sp³-hybridized carbons (Fsp3) is 0.400. The predicted molar refractivity (Wildman–Crippen MR) is 103 cm³/mol. The molecular weight excluding hydrogens is 358 g/mol. The number of carbonyl (C=O) groups excluding carboxylic acids is 1. The van der Waals surface area contributed by atoms with Crippen molar-refractivity contribution in [2.45, 2.75) is 26.2 Å². The van der Waals surface area contributed by atoms with Crippen LogP contribution >= 0.6 is 0 Å². The highest BCUT2D eigenvalue weighted by Gasteiger charge is 2.25. The molecule has 0 aliphatic carbocycles. The highest BCUT2D eigenvalue weighted by molar-refractivity contribution is 5.79. The molecule has 3 aromatic rings. The molecule has 2 aromatic heterocycles. The van der Waals surface area contributed by atoms with Crippen molar-refractivity contribution in [1.82, 2.24) is 20.3 Å². The molecule has 0 radical (unpaired) electrons. The summed E-state index contributed by atoms with van der Waals surface area (Å²) in [5, 5.41) is 12.2. The van der Waals surface area contributed by atoms with Gasteiger partial charge in [-0.05, 0) is 0 Å². The van der Waals surface area contributed by atoms with E-state index in [2.05, 4.69) is 15.4 Å². The first-order chi connectivity index (χ1) is 13.6. The molecule has 8 heteroatoms. The maximum atomic E-state index is 12.6. The van der Waals surface area contributed by atoms with Crippen molar-refractivity contribution in [3.05, 3.63) is 48.0 Å². The molecule has 28 heavy (non-hydrogen) atoms.